The lowest BCUT2D eigenvalue weighted by atomic mass is 9.89. The van der Waals surface area contributed by atoms with E-state index in [1.807, 2.05) is 0 Å². The molecule has 0 amide bonds. The van der Waals surface area contributed by atoms with Gasteiger partial charge >= 0.3 is 0 Å². The largest absolute Gasteiger partial charge is 0.330 e. The van der Waals surface area contributed by atoms with Gasteiger partial charge in [-0.05, 0) is 25.3 Å². The lowest BCUT2D eigenvalue weighted by Gasteiger charge is -2.16. The molecule has 0 aromatic carbocycles. The highest BCUT2D eigenvalue weighted by atomic mass is 16.1. The summed E-state index contributed by atoms with van der Waals surface area (Å²) in [6, 6.07) is 0. The summed E-state index contributed by atoms with van der Waals surface area (Å²) in [7, 11) is 0. The summed E-state index contributed by atoms with van der Waals surface area (Å²) in [5.74, 6) is 0.779. The third-order valence-electron chi connectivity index (χ3n) is 2.54. The van der Waals surface area contributed by atoms with Crippen LogP contribution in [0.1, 0.15) is 39.5 Å². The van der Waals surface area contributed by atoms with Crippen molar-refractivity contribution in [3.05, 3.63) is 0 Å². The van der Waals surface area contributed by atoms with Gasteiger partial charge in [-0.2, -0.15) is 0 Å². The molecule has 0 saturated carbocycles. The fourth-order valence-corrected chi connectivity index (χ4v) is 1.31. The van der Waals surface area contributed by atoms with Gasteiger partial charge in [0.2, 0.25) is 0 Å². The van der Waals surface area contributed by atoms with E-state index in [4.69, 9.17) is 5.73 Å². The van der Waals surface area contributed by atoms with E-state index in [2.05, 4.69) is 13.8 Å². The zero-order valence-electron chi connectivity index (χ0n) is 8.25. The van der Waals surface area contributed by atoms with Gasteiger partial charge in [0.1, 0.15) is 6.29 Å². The van der Waals surface area contributed by atoms with E-state index >= 15 is 0 Å². The Bertz CT molecular complexity index is 114. The molecule has 0 rings (SSSR count). The van der Waals surface area contributed by atoms with Gasteiger partial charge in [-0.1, -0.05) is 26.7 Å². The molecule has 2 unspecified atom stereocenters. The second-order valence-electron chi connectivity index (χ2n) is 3.47. The summed E-state index contributed by atoms with van der Waals surface area (Å²) in [5.41, 5.74) is 5.38. The maximum Gasteiger partial charge on any atom is 0.123 e. The molecule has 0 aromatic heterocycles. The smallest absolute Gasteiger partial charge is 0.123 e. The first-order chi connectivity index (χ1) is 5.76. The first kappa shape index (κ1) is 11.6. The summed E-state index contributed by atoms with van der Waals surface area (Å²) in [6.45, 7) is 5.01. The molecular formula is C10H21NO. The molecule has 0 aliphatic rings. The van der Waals surface area contributed by atoms with Crippen LogP contribution < -0.4 is 5.73 Å². The van der Waals surface area contributed by atoms with Crippen LogP contribution >= 0.6 is 0 Å². The molecule has 0 aliphatic carbocycles. The van der Waals surface area contributed by atoms with E-state index in [0.717, 1.165) is 38.5 Å². The number of aldehydes is 1. The van der Waals surface area contributed by atoms with Crippen LogP contribution in [-0.4, -0.2) is 12.8 Å². The predicted molar refractivity (Wildman–Crippen MR) is 51.9 cm³/mol. The molecule has 2 nitrogen and oxygen atoms in total. The Kier molecular flexibility index (Phi) is 7.06. The van der Waals surface area contributed by atoms with E-state index in [0.29, 0.717) is 5.92 Å². The van der Waals surface area contributed by atoms with Gasteiger partial charge in [0, 0.05) is 5.92 Å². The zero-order valence-corrected chi connectivity index (χ0v) is 8.25. The Hall–Kier alpha value is -0.370. The van der Waals surface area contributed by atoms with Crippen LogP contribution in [0.4, 0.5) is 0 Å². The maximum absolute atomic E-state index is 10.7. The first-order valence-electron chi connectivity index (χ1n) is 4.91. The monoisotopic (exact) mass is 171 g/mol. The fraction of sp³-hybridized carbons (Fsp3) is 0.900. The Morgan fingerprint density at radius 3 is 2.50 bits per heavy atom. The van der Waals surface area contributed by atoms with Gasteiger partial charge in [0.25, 0.3) is 0 Å². The van der Waals surface area contributed by atoms with Crippen LogP contribution in [0, 0.1) is 11.8 Å². The zero-order chi connectivity index (χ0) is 9.40. The fourth-order valence-electron chi connectivity index (χ4n) is 1.31. The molecule has 0 aliphatic heterocycles. The third-order valence-corrected chi connectivity index (χ3v) is 2.54. The minimum Gasteiger partial charge on any atom is -0.330 e. The van der Waals surface area contributed by atoms with Crippen molar-refractivity contribution in [2.24, 2.45) is 17.6 Å². The number of carbonyl (C=O) groups excluding carboxylic acids is 1. The topological polar surface area (TPSA) is 43.1 Å². The predicted octanol–water partition coefficient (Wildman–Crippen LogP) is 1.98. The molecule has 0 saturated heterocycles. The van der Waals surface area contributed by atoms with Gasteiger partial charge in [-0.25, -0.2) is 0 Å². The lowest BCUT2D eigenvalue weighted by molar-refractivity contribution is -0.112. The van der Waals surface area contributed by atoms with E-state index in [9.17, 15) is 4.79 Å². The lowest BCUT2D eigenvalue weighted by Crippen LogP contribution is -2.13. The Labute approximate surface area is 75.5 Å². The van der Waals surface area contributed by atoms with Crippen molar-refractivity contribution in [2.75, 3.05) is 6.54 Å². The van der Waals surface area contributed by atoms with Crippen LogP contribution in [-0.2, 0) is 4.79 Å². The second kappa shape index (κ2) is 7.29. The number of hydrogen-bond donors (Lipinski definition) is 1. The van der Waals surface area contributed by atoms with Crippen molar-refractivity contribution in [1.82, 2.24) is 0 Å². The minimum atomic E-state index is 0.251. The highest BCUT2D eigenvalue weighted by molar-refractivity contribution is 5.53. The van der Waals surface area contributed by atoms with Gasteiger partial charge in [-0.3, -0.25) is 0 Å². The Balaban J connectivity index is 3.59. The standard InChI is InChI=1S/C10H21NO/c1-3-9(2)10(8-12)6-4-5-7-11/h8-10H,3-7,11H2,1-2H3. The van der Waals surface area contributed by atoms with Crippen LogP contribution in [0.15, 0.2) is 0 Å². The number of nitrogens with two attached hydrogens (primary N) is 1. The highest BCUT2D eigenvalue weighted by Gasteiger charge is 2.13. The molecule has 72 valence electrons. The number of rotatable bonds is 7. The molecule has 2 N–H and O–H groups in total. The van der Waals surface area contributed by atoms with Gasteiger partial charge in [0.15, 0.2) is 0 Å². The summed E-state index contributed by atoms with van der Waals surface area (Å²) in [4.78, 5) is 10.7. The van der Waals surface area contributed by atoms with Gasteiger partial charge in [0.05, 0.1) is 0 Å². The normalized spacial score (nSPS) is 15.6. The van der Waals surface area contributed by atoms with E-state index in [1.165, 1.54) is 0 Å². The molecule has 2 atom stereocenters. The molecule has 0 aromatic rings. The van der Waals surface area contributed by atoms with E-state index in [-0.39, 0.29) is 5.92 Å². The Morgan fingerprint density at radius 1 is 1.42 bits per heavy atom. The quantitative estimate of drug-likeness (QED) is 0.470. The summed E-state index contributed by atoms with van der Waals surface area (Å²) >= 11 is 0. The van der Waals surface area contributed by atoms with Crippen molar-refractivity contribution >= 4 is 6.29 Å². The van der Waals surface area contributed by atoms with E-state index in [1.54, 1.807) is 0 Å². The minimum absolute atomic E-state index is 0.251. The maximum atomic E-state index is 10.7. The molecule has 0 spiro atoms. The number of hydrogen-bond acceptors (Lipinski definition) is 2. The first-order valence-corrected chi connectivity index (χ1v) is 4.91. The average molecular weight is 171 g/mol. The van der Waals surface area contributed by atoms with Crippen LogP contribution in [0.2, 0.25) is 0 Å². The van der Waals surface area contributed by atoms with E-state index < -0.39 is 0 Å². The molecule has 12 heavy (non-hydrogen) atoms. The molecular weight excluding hydrogens is 150 g/mol. The average Bonchev–Trinajstić information content (AvgIpc) is 2.11. The third kappa shape index (κ3) is 4.50. The molecule has 0 heterocycles. The van der Waals surface area contributed by atoms with Crippen molar-refractivity contribution in [1.29, 1.82) is 0 Å². The summed E-state index contributed by atoms with van der Waals surface area (Å²) in [5, 5.41) is 0. The van der Waals surface area contributed by atoms with Crippen molar-refractivity contribution in [3.8, 4) is 0 Å². The second-order valence-corrected chi connectivity index (χ2v) is 3.47. The number of carbonyl (C=O) groups is 1. The van der Waals surface area contributed by atoms with Gasteiger partial charge in [-0.15, -0.1) is 0 Å². The van der Waals surface area contributed by atoms with Crippen LogP contribution in [0.5, 0.6) is 0 Å². The van der Waals surface area contributed by atoms with Crippen molar-refractivity contribution < 1.29 is 4.79 Å². The summed E-state index contributed by atoms with van der Waals surface area (Å²) < 4.78 is 0. The van der Waals surface area contributed by atoms with Crippen molar-refractivity contribution in [3.63, 3.8) is 0 Å². The molecule has 0 bridgehead atoms. The number of unbranched alkanes of at least 4 members (excludes halogenated alkanes) is 1. The molecule has 2 heteroatoms. The van der Waals surface area contributed by atoms with Crippen LogP contribution in [0.25, 0.3) is 0 Å². The Morgan fingerprint density at radius 2 is 2.08 bits per heavy atom. The molecule has 0 fully saturated rings. The van der Waals surface area contributed by atoms with Crippen molar-refractivity contribution in [2.45, 2.75) is 39.5 Å². The SMILES string of the molecule is CCC(C)C(C=O)CCCCN. The van der Waals surface area contributed by atoms with Crippen LogP contribution in [0.3, 0.4) is 0 Å². The highest BCUT2D eigenvalue weighted by Crippen LogP contribution is 2.18. The molecule has 0 radical (unpaired) electrons. The summed E-state index contributed by atoms with van der Waals surface area (Å²) in [6.07, 6.45) is 5.33. The van der Waals surface area contributed by atoms with Gasteiger partial charge < -0.3 is 10.5 Å².